The molecule has 0 atom stereocenters. The maximum Gasteiger partial charge on any atom is 0.287 e. The molecule has 19 heavy (non-hydrogen) atoms. The number of nitrogens with two attached hydrogens (primary N) is 1. The molecule has 2 rings (SSSR count). The van der Waals surface area contributed by atoms with Gasteiger partial charge in [-0.1, -0.05) is 12.1 Å². The topological polar surface area (TPSA) is 68.3 Å². The number of hydrogen-bond donors (Lipinski definition) is 2. The summed E-state index contributed by atoms with van der Waals surface area (Å²) in [5.74, 6) is 0.280. The molecule has 5 heteroatoms. The Morgan fingerprint density at radius 1 is 1.21 bits per heavy atom. The minimum atomic E-state index is -0.276. The second kappa shape index (κ2) is 6.15. The Morgan fingerprint density at radius 2 is 1.95 bits per heavy atom. The van der Waals surface area contributed by atoms with Crippen LogP contribution in [0.1, 0.15) is 21.9 Å². The first kappa shape index (κ1) is 13.3. The van der Waals surface area contributed by atoms with Crippen LogP contribution in [0.3, 0.4) is 0 Å². The van der Waals surface area contributed by atoms with E-state index in [0.29, 0.717) is 18.7 Å². The molecule has 1 aromatic heterocycles. The van der Waals surface area contributed by atoms with Gasteiger partial charge in [0.25, 0.3) is 5.91 Å². The van der Waals surface area contributed by atoms with Crippen LogP contribution in [0.5, 0.6) is 0 Å². The van der Waals surface area contributed by atoms with E-state index in [-0.39, 0.29) is 24.0 Å². The van der Waals surface area contributed by atoms with E-state index >= 15 is 0 Å². The molecule has 0 fully saturated rings. The predicted molar refractivity (Wildman–Crippen MR) is 69.0 cm³/mol. The van der Waals surface area contributed by atoms with Crippen molar-refractivity contribution >= 4 is 5.91 Å². The third-order valence-electron chi connectivity index (χ3n) is 2.70. The van der Waals surface area contributed by atoms with Gasteiger partial charge < -0.3 is 15.5 Å². The lowest BCUT2D eigenvalue weighted by atomic mass is 10.1. The molecule has 0 saturated heterocycles. The van der Waals surface area contributed by atoms with E-state index in [4.69, 9.17) is 10.2 Å². The third kappa shape index (κ3) is 3.66. The average Bonchev–Trinajstić information content (AvgIpc) is 2.90. The smallest absolute Gasteiger partial charge is 0.287 e. The molecule has 0 unspecified atom stereocenters. The van der Waals surface area contributed by atoms with Gasteiger partial charge >= 0.3 is 0 Å². The fourth-order valence-corrected chi connectivity index (χ4v) is 1.67. The van der Waals surface area contributed by atoms with E-state index in [1.54, 1.807) is 24.3 Å². The Labute approximate surface area is 110 Å². The van der Waals surface area contributed by atoms with Gasteiger partial charge in [-0.25, -0.2) is 4.39 Å². The molecule has 0 saturated carbocycles. The van der Waals surface area contributed by atoms with Crippen LogP contribution < -0.4 is 11.1 Å². The highest BCUT2D eigenvalue weighted by Crippen LogP contribution is 2.07. The Hall–Kier alpha value is -2.14. The molecule has 0 radical (unpaired) electrons. The minimum Gasteiger partial charge on any atom is -0.455 e. The number of hydrogen-bond acceptors (Lipinski definition) is 3. The van der Waals surface area contributed by atoms with E-state index in [2.05, 4.69) is 5.32 Å². The summed E-state index contributed by atoms with van der Waals surface area (Å²) in [4.78, 5) is 11.7. The molecule has 1 aromatic carbocycles. The number of nitrogens with one attached hydrogen (secondary N) is 1. The van der Waals surface area contributed by atoms with Gasteiger partial charge in [-0.05, 0) is 36.2 Å². The van der Waals surface area contributed by atoms with Crippen molar-refractivity contribution in [1.82, 2.24) is 5.32 Å². The fourth-order valence-electron chi connectivity index (χ4n) is 1.67. The average molecular weight is 262 g/mol. The highest BCUT2D eigenvalue weighted by atomic mass is 19.1. The Morgan fingerprint density at radius 3 is 2.58 bits per heavy atom. The van der Waals surface area contributed by atoms with Gasteiger partial charge in [-0.15, -0.1) is 0 Å². The Balaban J connectivity index is 1.82. The molecule has 0 bridgehead atoms. The molecule has 1 heterocycles. The molecule has 3 N–H and O–H groups in total. The lowest BCUT2D eigenvalue weighted by Crippen LogP contribution is -2.25. The van der Waals surface area contributed by atoms with Crippen molar-refractivity contribution in [2.24, 2.45) is 5.73 Å². The lowest BCUT2D eigenvalue weighted by molar-refractivity contribution is 0.0924. The van der Waals surface area contributed by atoms with Crippen molar-refractivity contribution in [3.63, 3.8) is 0 Å². The molecule has 4 nitrogen and oxygen atoms in total. The first-order chi connectivity index (χ1) is 9.19. The van der Waals surface area contributed by atoms with E-state index < -0.39 is 0 Å². The maximum atomic E-state index is 12.7. The van der Waals surface area contributed by atoms with Crippen molar-refractivity contribution in [3.05, 3.63) is 59.3 Å². The monoisotopic (exact) mass is 262 g/mol. The van der Waals surface area contributed by atoms with Crippen LogP contribution in [-0.2, 0) is 13.0 Å². The third-order valence-corrected chi connectivity index (χ3v) is 2.70. The standard InChI is InChI=1S/C14H15FN2O2/c15-11-3-1-10(2-4-11)7-8-17-14(18)13-6-5-12(9-16)19-13/h1-6H,7-9,16H2,(H,17,18). The minimum absolute atomic E-state index is 0.250. The van der Waals surface area contributed by atoms with E-state index in [1.165, 1.54) is 12.1 Å². The normalized spacial score (nSPS) is 10.4. The van der Waals surface area contributed by atoms with Gasteiger partial charge in [0.2, 0.25) is 0 Å². The Kier molecular flexibility index (Phi) is 4.30. The predicted octanol–water partition coefficient (Wildman–Crippen LogP) is 1.85. The molecular formula is C14H15FN2O2. The Bertz CT molecular complexity index is 549. The van der Waals surface area contributed by atoms with Crippen LogP contribution >= 0.6 is 0 Å². The number of carbonyl (C=O) groups is 1. The van der Waals surface area contributed by atoms with Crippen LogP contribution in [0.25, 0.3) is 0 Å². The zero-order valence-electron chi connectivity index (χ0n) is 10.4. The zero-order chi connectivity index (χ0) is 13.7. The molecule has 0 spiro atoms. The first-order valence-electron chi connectivity index (χ1n) is 6.00. The summed E-state index contributed by atoms with van der Waals surface area (Å²) < 4.78 is 17.9. The van der Waals surface area contributed by atoms with Crippen LogP contribution in [0.15, 0.2) is 40.8 Å². The van der Waals surface area contributed by atoms with Crippen LogP contribution in [-0.4, -0.2) is 12.5 Å². The summed E-state index contributed by atoms with van der Waals surface area (Å²) in [5, 5.41) is 2.73. The molecule has 2 aromatic rings. The second-order valence-corrected chi connectivity index (χ2v) is 4.10. The summed E-state index contributed by atoms with van der Waals surface area (Å²) in [6, 6.07) is 9.46. The quantitative estimate of drug-likeness (QED) is 0.864. The van der Waals surface area contributed by atoms with Crippen molar-refractivity contribution < 1.29 is 13.6 Å². The molecule has 0 aliphatic heterocycles. The largest absolute Gasteiger partial charge is 0.455 e. The molecule has 1 amide bonds. The van der Waals surface area contributed by atoms with Crippen LogP contribution in [0.2, 0.25) is 0 Å². The van der Waals surface area contributed by atoms with Crippen molar-refractivity contribution in [3.8, 4) is 0 Å². The van der Waals surface area contributed by atoms with Gasteiger partial charge in [-0.2, -0.15) is 0 Å². The molecular weight excluding hydrogens is 247 g/mol. The molecule has 0 aliphatic carbocycles. The molecule has 100 valence electrons. The first-order valence-corrected chi connectivity index (χ1v) is 6.00. The number of benzene rings is 1. The van der Waals surface area contributed by atoms with Crippen molar-refractivity contribution in [2.75, 3.05) is 6.54 Å². The number of amides is 1. The number of carbonyl (C=O) groups excluding carboxylic acids is 1. The second-order valence-electron chi connectivity index (χ2n) is 4.10. The summed E-state index contributed by atoms with van der Waals surface area (Å²) in [7, 11) is 0. The van der Waals surface area contributed by atoms with Crippen LogP contribution in [0, 0.1) is 5.82 Å². The summed E-state index contributed by atoms with van der Waals surface area (Å²) in [6.45, 7) is 0.728. The van der Waals surface area contributed by atoms with Crippen LogP contribution in [0.4, 0.5) is 4.39 Å². The lowest BCUT2D eigenvalue weighted by Gasteiger charge is -2.03. The number of furan rings is 1. The van der Waals surface area contributed by atoms with Gasteiger partial charge in [0.15, 0.2) is 5.76 Å². The van der Waals surface area contributed by atoms with E-state index in [1.807, 2.05) is 0 Å². The van der Waals surface area contributed by atoms with Gasteiger partial charge in [0.1, 0.15) is 11.6 Å². The summed E-state index contributed by atoms with van der Waals surface area (Å²) >= 11 is 0. The van der Waals surface area contributed by atoms with Gasteiger partial charge in [0, 0.05) is 6.54 Å². The van der Waals surface area contributed by atoms with Crippen molar-refractivity contribution in [1.29, 1.82) is 0 Å². The summed E-state index contributed by atoms with van der Waals surface area (Å²) in [5.41, 5.74) is 6.36. The maximum absolute atomic E-state index is 12.7. The van der Waals surface area contributed by atoms with E-state index in [9.17, 15) is 9.18 Å². The summed E-state index contributed by atoms with van der Waals surface area (Å²) in [6.07, 6.45) is 0.635. The van der Waals surface area contributed by atoms with Crippen molar-refractivity contribution in [2.45, 2.75) is 13.0 Å². The van der Waals surface area contributed by atoms with Gasteiger partial charge in [0.05, 0.1) is 6.54 Å². The zero-order valence-corrected chi connectivity index (χ0v) is 10.4. The number of rotatable bonds is 5. The number of halogens is 1. The van der Waals surface area contributed by atoms with Gasteiger partial charge in [-0.3, -0.25) is 4.79 Å². The highest BCUT2D eigenvalue weighted by molar-refractivity contribution is 5.91. The van der Waals surface area contributed by atoms with E-state index in [0.717, 1.165) is 5.56 Å². The highest BCUT2D eigenvalue weighted by Gasteiger charge is 2.09. The molecule has 0 aliphatic rings. The fraction of sp³-hybridized carbons (Fsp3) is 0.214. The SMILES string of the molecule is NCc1ccc(C(=O)NCCc2ccc(F)cc2)o1.